The molecule has 2 aliphatic rings. The van der Waals surface area contributed by atoms with Crippen molar-refractivity contribution in [3.63, 3.8) is 0 Å². The zero-order valence-electron chi connectivity index (χ0n) is 14.4. The molecule has 0 saturated carbocycles. The zero-order valence-corrected chi connectivity index (χ0v) is 14.4. The maximum absolute atomic E-state index is 13.0. The molecule has 0 aromatic carbocycles. The summed E-state index contributed by atoms with van der Waals surface area (Å²) in [6.45, 7) is 9.09. The van der Waals surface area contributed by atoms with Gasteiger partial charge in [-0.3, -0.25) is 9.69 Å². The van der Waals surface area contributed by atoms with Gasteiger partial charge in [-0.15, -0.1) is 0 Å². The molecule has 0 spiro atoms. The molecule has 128 valence electrons. The number of aryl methyl sites for hydroxylation is 2. The van der Waals surface area contributed by atoms with E-state index in [1.807, 2.05) is 11.8 Å². The molecule has 23 heavy (non-hydrogen) atoms. The average molecular weight is 322 g/mol. The largest absolute Gasteiger partial charge is 0.481 e. The first kappa shape index (κ1) is 16.3. The third-order valence-electron chi connectivity index (χ3n) is 4.95. The van der Waals surface area contributed by atoms with Gasteiger partial charge in [-0.25, -0.2) is 4.68 Å². The third-order valence-corrected chi connectivity index (χ3v) is 4.95. The third kappa shape index (κ3) is 2.95. The summed E-state index contributed by atoms with van der Waals surface area (Å²) in [4.78, 5) is 17.4. The van der Waals surface area contributed by atoms with Crippen molar-refractivity contribution in [2.75, 3.05) is 46.5 Å². The van der Waals surface area contributed by atoms with E-state index in [4.69, 9.17) is 9.47 Å². The van der Waals surface area contributed by atoms with Crippen molar-refractivity contribution in [2.45, 2.75) is 19.9 Å². The molecule has 2 fully saturated rings. The highest BCUT2D eigenvalue weighted by Crippen LogP contribution is 2.28. The zero-order chi connectivity index (χ0) is 16.6. The number of likely N-dealkylation sites (tertiary alicyclic amines) is 1. The number of rotatable bonds is 3. The van der Waals surface area contributed by atoms with Gasteiger partial charge in [-0.2, -0.15) is 5.10 Å². The lowest BCUT2D eigenvalue weighted by atomic mass is 10.0. The minimum atomic E-state index is 0.0232. The number of carbonyl (C=O) groups excluding carboxylic acids is 1. The molecule has 2 unspecified atom stereocenters. The van der Waals surface area contributed by atoms with Crippen molar-refractivity contribution in [1.29, 1.82) is 0 Å². The molecule has 1 amide bonds. The van der Waals surface area contributed by atoms with Crippen LogP contribution in [0.15, 0.2) is 0 Å². The Labute approximate surface area is 137 Å². The van der Waals surface area contributed by atoms with Crippen LogP contribution >= 0.6 is 0 Å². The number of carbonyl (C=O) groups is 1. The van der Waals surface area contributed by atoms with E-state index < -0.39 is 0 Å². The first-order valence-corrected chi connectivity index (χ1v) is 8.21. The van der Waals surface area contributed by atoms with Gasteiger partial charge in [-0.1, -0.05) is 6.92 Å². The van der Waals surface area contributed by atoms with E-state index in [-0.39, 0.29) is 5.91 Å². The summed E-state index contributed by atoms with van der Waals surface area (Å²) < 4.78 is 12.4. The minimum Gasteiger partial charge on any atom is -0.481 e. The summed E-state index contributed by atoms with van der Waals surface area (Å²) in [6, 6.07) is 0.408. The molecule has 7 nitrogen and oxygen atoms in total. The smallest absolute Gasteiger partial charge is 0.261 e. The van der Waals surface area contributed by atoms with Crippen LogP contribution in [-0.4, -0.2) is 78.0 Å². The van der Waals surface area contributed by atoms with Gasteiger partial charge in [0.25, 0.3) is 5.91 Å². The van der Waals surface area contributed by atoms with Crippen molar-refractivity contribution in [2.24, 2.45) is 13.0 Å². The number of ether oxygens (including phenoxy) is 2. The number of methoxy groups -OCH3 is 1. The van der Waals surface area contributed by atoms with Crippen molar-refractivity contribution in [1.82, 2.24) is 19.6 Å². The van der Waals surface area contributed by atoms with Crippen LogP contribution in [0.5, 0.6) is 5.88 Å². The Morgan fingerprint density at radius 1 is 1.30 bits per heavy atom. The Hall–Kier alpha value is -1.60. The monoisotopic (exact) mass is 322 g/mol. The summed E-state index contributed by atoms with van der Waals surface area (Å²) in [5.41, 5.74) is 1.31. The SMILES string of the molecule is COc1c(C(=O)N2CC(C)C(N3CCOCC3)C2)c(C)nn1C. The number of hydrogen-bond acceptors (Lipinski definition) is 5. The molecular formula is C16H26N4O3. The fourth-order valence-electron chi connectivity index (χ4n) is 3.78. The van der Waals surface area contributed by atoms with Gasteiger partial charge in [0.1, 0.15) is 5.56 Å². The predicted octanol–water partition coefficient (Wildman–Crippen LogP) is 0.530. The number of nitrogens with zero attached hydrogens (tertiary/aromatic N) is 4. The van der Waals surface area contributed by atoms with E-state index in [9.17, 15) is 4.79 Å². The van der Waals surface area contributed by atoms with Crippen LogP contribution in [0.3, 0.4) is 0 Å². The predicted molar refractivity (Wildman–Crippen MR) is 85.7 cm³/mol. The van der Waals surface area contributed by atoms with Crippen LogP contribution in [-0.2, 0) is 11.8 Å². The van der Waals surface area contributed by atoms with Gasteiger partial charge in [0.15, 0.2) is 0 Å². The summed E-state index contributed by atoms with van der Waals surface area (Å²) in [5, 5.41) is 4.32. The Morgan fingerprint density at radius 3 is 2.65 bits per heavy atom. The summed E-state index contributed by atoms with van der Waals surface area (Å²) in [7, 11) is 3.38. The highest BCUT2D eigenvalue weighted by atomic mass is 16.5. The molecule has 0 radical (unpaired) electrons. The first-order chi connectivity index (χ1) is 11.0. The van der Waals surface area contributed by atoms with Crippen molar-refractivity contribution in [3.8, 4) is 5.88 Å². The summed E-state index contributed by atoms with van der Waals surface area (Å²) >= 11 is 0. The summed E-state index contributed by atoms with van der Waals surface area (Å²) in [6.07, 6.45) is 0. The van der Waals surface area contributed by atoms with Crippen molar-refractivity contribution >= 4 is 5.91 Å². The lowest BCUT2D eigenvalue weighted by Gasteiger charge is -2.33. The fraction of sp³-hybridized carbons (Fsp3) is 0.750. The Morgan fingerprint density at radius 2 is 2.00 bits per heavy atom. The maximum atomic E-state index is 13.0. The van der Waals surface area contributed by atoms with Crippen LogP contribution in [0.2, 0.25) is 0 Å². The van der Waals surface area contributed by atoms with Crippen LogP contribution in [0.4, 0.5) is 0 Å². The van der Waals surface area contributed by atoms with Gasteiger partial charge < -0.3 is 14.4 Å². The van der Waals surface area contributed by atoms with Gasteiger partial charge >= 0.3 is 0 Å². The topological polar surface area (TPSA) is 59.8 Å². The molecule has 2 aliphatic heterocycles. The fourth-order valence-corrected chi connectivity index (χ4v) is 3.78. The Kier molecular flexibility index (Phi) is 4.59. The van der Waals surface area contributed by atoms with Gasteiger partial charge in [-0.05, 0) is 12.8 Å². The maximum Gasteiger partial charge on any atom is 0.261 e. The van der Waals surface area contributed by atoms with Gasteiger partial charge in [0.05, 0.1) is 26.0 Å². The van der Waals surface area contributed by atoms with Crippen LogP contribution in [0.1, 0.15) is 23.0 Å². The Balaban J connectivity index is 1.76. The molecule has 7 heteroatoms. The highest BCUT2D eigenvalue weighted by Gasteiger charge is 2.38. The van der Waals surface area contributed by atoms with Crippen molar-refractivity contribution < 1.29 is 14.3 Å². The molecule has 3 heterocycles. The van der Waals surface area contributed by atoms with E-state index in [1.54, 1.807) is 18.8 Å². The van der Waals surface area contributed by atoms with E-state index in [0.29, 0.717) is 23.4 Å². The molecule has 2 atom stereocenters. The second-order valence-corrected chi connectivity index (χ2v) is 6.50. The number of morpholine rings is 1. The lowest BCUT2D eigenvalue weighted by Crippen LogP contribution is -2.47. The van der Waals surface area contributed by atoms with Gasteiger partial charge in [0, 0.05) is 39.3 Å². The standard InChI is InChI=1S/C16H26N4O3/c1-11-9-20(10-13(11)19-5-7-23-8-6-19)15(21)14-12(2)17-18(3)16(14)22-4/h11,13H,5-10H2,1-4H3. The quantitative estimate of drug-likeness (QED) is 0.812. The van der Waals surface area contributed by atoms with E-state index in [0.717, 1.165) is 45.1 Å². The molecule has 0 bridgehead atoms. The first-order valence-electron chi connectivity index (χ1n) is 8.21. The number of amides is 1. The lowest BCUT2D eigenvalue weighted by molar-refractivity contribution is 0.0119. The second kappa shape index (κ2) is 6.49. The molecular weight excluding hydrogens is 296 g/mol. The molecule has 1 aromatic heterocycles. The number of aromatic nitrogens is 2. The molecule has 0 N–H and O–H groups in total. The van der Waals surface area contributed by atoms with Crippen LogP contribution in [0, 0.1) is 12.8 Å². The van der Waals surface area contributed by atoms with Gasteiger partial charge in [0.2, 0.25) is 5.88 Å². The molecule has 1 aromatic rings. The van der Waals surface area contributed by atoms with Crippen LogP contribution in [0.25, 0.3) is 0 Å². The van der Waals surface area contributed by atoms with Crippen molar-refractivity contribution in [3.05, 3.63) is 11.3 Å². The van der Waals surface area contributed by atoms with Crippen LogP contribution < -0.4 is 4.74 Å². The number of hydrogen-bond donors (Lipinski definition) is 0. The Bertz CT molecular complexity index is 580. The minimum absolute atomic E-state index is 0.0232. The van der Waals surface area contributed by atoms with E-state index >= 15 is 0 Å². The summed E-state index contributed by atoms with van der Waals surface area (Å²) in [5.74, 6) is 1.02. The normalized spacial score (nSPS) is 25.8. The van der Waals surface area contributed by atoms with E-state index in [1.165, 1.54) is 0 Å². The second-order valence-electron chi connectivity index (χ2n) is 6.50. The van der Waals surface area contributed by atoms with E-state index in [2.05, 4.69) is 16.9 Å². The molecule has 2 saturated heterocycles. The average Bonchev–Trinajstić information content (AvgIpc) is 3.07. The molecule has 3 rings (SSSR count). The molecule has 0 aliphatic carbocycles. The highest BCUT2D eigenvalue weighted by molar-refractivity contribution is 5.97.